The van der Waals surface area contributed by atoms with E-state index in [1.54, 1.807) is 0 Å². The summed E-state index contributed by atoms with van der Waals surface area (Å²) in [7, 11) is 0. The highest BCUT2D eigenvalue weighted by Crippen LogP contribution is 2.33. The van der Waals surface area contributed by atoms with Gasteiger partial charge in [0.05, 0.1) is 12.2 Å². The van der Waals surface area contributed by atoms with Crippen LogP contribution in [0.3, 0.4) is 0 Å². The number of amides is 1. The lowest BCUT2D eigenvalue weighted by atomic mass is 9.92. The molecule has 5 nitrogen and oxygen atoms in total. The maximum atomic E-state index is 12.7. The summed E-state index contributed by atoms with van der Waals surface area (Å²) >= 11 is 0. The van der Waals surface area contributed by atoms with Gasteiger partial charge in [0.15, 0.2) is 5.75 Å². The number of esters is 1. The molecule has 2 unspecified atom stereocenters. The van der Waals surface area contributed by atoms with Gasteiger partial charge >= 0.3 is 5.97 Å². The van der Waals surface area contributed by atoms with Crippen molar-refractivity contribution >= 4 is 17.6 Å². The minimum absolute atomic E-state index is 0.0876. The number of hydrogen-bond acceptors (Lipinski definition) is 4. The minimum atomic E-state index is -0.309. The van der Waals surface area contributed by atoms with E-state index in [-0.39, 0.29) is 25.0 Å². The lowest BCUT2D eigenvalue weighted by Crippen LogP contribution is -2.49. The molecule has 0 saturated carbocycles. The first-order valence-electron chi connectivity index (χ1n) is 8.26. The molecule has 0 spiro atoms. The number of aryl methyl sites for hydroxylation is 1. The number of piperidine rings is 1. The van der Waals surface area contributed by atoms with Crippen LogP contribution in [0.15, 0.2) is 18.2 Å². The molecule has 0 radical (unpaired) electrons. The predicted molar refractivity (Wildman–Crippen MR) is 88.6 cm³/mol. The van der Waals surface area contributed by atoms with Crippen LogP contribution in [-0.2, 0) is 9.59 Å². The van der Waals surface area contributed by atoms with Crippen LogP contribution < -0.4 is 9.64 Å². The van der Waals surface area contributed by atoms with Gasteiger partial charge in [0, 0.05) is 13.1 Å². The molecule has 1 aromatic carbocycles. The molecule has 2 aliphatic rings. The van der Waals surface area contributed by atoms with Crippen molar-refractivity contribution in [3.05, 3.63) is 23.8 Å². The van der Waals surface area contributed by atoms with E-state index in [9.17, 15) is 9.59 Å². The summed E-state index contributed by atoms with van der Waals surface area (Å²) in [4.78, 5) is 28.3. The topological polar surface area (TPSA) is 49.9 Å². The van der Waals surface area contributed by atoms with Crippen molar-refractivity contribution in [3.8, 4) is 5.75 Å². The van der Waals surface area contributed by atoms with Crippen LogP contribution in [0.25, 0.3) is 0 Å². The summed E-state index contributed by atoms with van der Waals surface area (Å²) in [6, 6.07) is 5.74. The number of likely N-dealkylation sites (tertiary alicyclic amines) is 1. The van der Waals surface area contributed by atoms with Gasteiger partial charge in [0.1, 0.15) is 6.54 Å². The highest BCUT2D eigenvalue weighted by Gasteiger charge is 2.30. The van der Waals surface area contributed by atoms with Crippen LogP contribution in [0.1, 0.15) is 25.8 Å². The average molecular weight is 316 g/mol. The number of rotatable bonds is 2. The van der Waals surface area contributed by atoms with Crippen molar-refractivity contribution in [2.45, 2.75) is 27.2 Å². The Bertz CT molecular complexity index is 619. The van der Waals surface area contributed by atoms with Gasteiger partial charge in [-0.25, -0.2) is 4.79 Å². The zero-order valence-corrected chi connectivity index (χ0v) is 14.0. The first-order chi connectivity index (χ1) is 10.9. The monoisotopic (exact) mass is 316 g/mol. The van der Waals surface area contributed by atoms with E-state index in [0.29, 0.717) is 17.6 Å². The molecular formula is C18H24N2O3. The molecule has 1 saturated heterocycles. The molecule has 5 heteroatoms. The fourth-order valence-electron chi connectivity index (χ4n) is 3.63. The summed E-state index contributed by atoms with van der Waals surface area (Å²) in [6.07, 6.45) is 1.17. The maximum absolute atomic E-state index is 12.7. The molecule has 2 aliphatic heterocycles. The van der Waals surface area contributed by atoms with Crippen LogP contribution in [0, 0.1) is 18.8 Å². The predicted octanol–water partition coefficient (Wildman–Crippen LogP) is 2.22. The van der Waals surface area contributed by atoms with Gasteiger partial charge in [0.25, 0.3) is 0 Å². The van der Waals surface area contributed by atoms with Gasteiger partial charge in [-0.3, -0.25) is 4.79 Å². The van der Waals surface area contributed by atoms with E-state index in [1.807, 2.05) is 34.9 Å². The van der Waals surface area contributed by atoms with E-state index in [1.165, 1.54) is 6.42 Å². The molecule has 3 rings (SSSR count). The molecule has 0 aromatic heterocycles. The third-order valence-corrected chi connectivity index (χ3v) is 4.55. The first-order valence-corrected chi connectivity index (χ1v) is 8.26. The molecule has 2 atom stereocenters. The molecule has 124 valence electrons. The third-order valence-electron chi connectivity index (χ3n) is 4.55. The van der Waals surface area contributed by atoms with Crippen molar-refractivity contribution in [3.63, 3.8) is 0 Å². The van der Waals surface area contributed by atoms with Gasteiger partial charge in [-0.15, -0.1) is 0 Å². The zero-order chi connectivity index (χ0) is 16.6. The van der Waals surface area contributed by atoms with E-state index in [4.69, 9.17) is 4.74 Å². The molecule has 0 N–H and O–H groups in total. The Hall–Kier alpha value is -2.04. The Labute approximate surface area is 137 Å². The second kappa shape index (κ2) is 6.22. The average Bonchev–Trinajstić information content (AvgIpc) is 2.45. The van der Waals surface area contributed by atoms with Crippen molar-refractivity contribution in [1.82, 2.24) is 4.90 Å². The second-order valence-corrected chi connectivity index (χ2v) is 7.05. The number of benzene rings is 1. The number of hydrogen-bond donors (Lipinski definition) is 0. The molecule has 1 fully saturated rings. The molecule has 23 heavy (non-hydrogen) atoms. The fraction of sp³-hybridized carbons (Fsp3) is 0.556. The normalized spacial score (nSPS) is 24.2. The standard InChI is InChI=1S/C18H24N2O3/c1-12-4-5-15-16(7-12)23-18(22)11-19(15)10-17(21)20-8-13(2)6-14(3)9-20/h4-5,7,13-14H,6,8-11H2,1-3H3. The van der Waals surface area contributed by atoms with E-state index >= 15 is 0 Å². The van der Waals surface area contributed by atoms with Crippen LogP contribution in [0.5, 0.6) is 5.75 Å². The SMILES string of the molecule is Cc1ccc2c(c1)OC(=O)CN2CC(=O)N1CC(C)CC(C)C1. The quantitative estimate of drug-likeness (QED) is 0.620. The van der Waals surface area contributed by atoms with Gasteiger partial charge < -0.3 is 14.5 Å². The highest BCUT2D eigenvalue weighted by atomic mass is 16.5. The van der Waals surface area contributed by atoms with Crippen LogP contribution in [0.2, 0.25) is 0 Å². The molecule has 1 amide bonds. The van der Waals surface area contributed by atoms with Crippen molar-refractivity contribution < 1.29 is 14.3 Å². The molecule has 1 aromatic rings. The number of carbonyl (C=O) groups excluding carboxylic acids is 2. The molecule has 2 heterocycles. The summed E-state index contributed by atoms with van der Waals surface area (Å²) in [6.45, 7) is 8.29. The van der Waals surface area contributed by atoms with Gasteiger partial charge in [-0.2, -0.15) is 0 Å². The summed E-state index contributed by atoms with van der Waals surface area (Å²) in [5.74, 6) is 1.39. The van der Waals surface area contributed by atoms with Gasteiger partial charge in [-0.05, 0) is 42.9 Å². The number of nitrogens with zero attached hydrogens (tertiary/aromatic N) is 2. The van der Waals surface area contributed by atoms with E-state index in [0.717, 1.165) is 24.3 Å². The number of fused-ring (bicyclic) bond motifs is 1. The number of ether oxygens (including phenoxy) is 1. The molecule has 0 aliphatic carbocycles. The Morgan fingerprint density at radius 2 is 1.96 bits per heavy atom. The maximum Gasteiger partial charge on any atom is 0.331 e. The lowest BCUT2D eigenvalue weighted by molar-refractivity contribution is -0.134. The number of anilines is 1. The van der Waals surface area contributed by atoms with Crippen LogP contribution in [0.4, 0.5) is 5.69 Å². The highest BCUT2D eigenvalue weighted by molar-refractivity contribution is 5.89. The van der Waals surface area contributed by atoms with Crippen molar-refractivity contribution in [1.29, 1.82) is 0 Å². The largest absolute Gasteiger partial charge is 0.423 e. The summed E-state index contributed by atoms with van der Waals surface area (Å²) < 4.78 is 5.30. The summed E-state index contributed by atoms with van der Waals surface area (Å²) in [5, 5.41) is 0. The Kier molecular flexibility index (Phi) is 4.28. The van der Waals surface area contributed by atoms with Crippen molar-refractivity contribution in [2.75, 3.05) is 31.1 Å². The fourth-order valence-corrected chi connectivity index (χ4v) is 3.63. The van der Waals surface area contributed by atoms with E-state index in [2.05, 4.69) is 13.8 Å². The van der Waals surface area contributed by atoms with Gasteiger partial charge in [-0.1, -0.05) is 19.9 Å². The molecule has 0 bridgehead atoms. The first kappa shape index (κ1) is 15.8. The van der Waals surface area contributed by atoms with Crippen LogP contribution >= 0.6 is 0 Å². The van der Waals surface area contributed by atoms with Crippen LogP contribution in [-0.4, -0.2) is 43.0 Å². The molecular weight excluding hydrogens is 292 g/mol. The Balaban J connectivity index is 1.75. The Morgan fingerprint density at radius 3 is 2.65 bits per heavy atom. The minimum Gasteiger partial charge on any atom is -0.423 e. The summed E-state index contributed by atoms with van der Waals surface area (Å²) in [5.41, 5.74) is 1.85. The second-order valence-electron chi connectivity index (χ2n) is 7.05. The van der Waals surface area contributed by atoms with Crippen molar-refractivity contribution in [2.24, 2.45) is 11.8 Å². The lowest BCUT2D eigenvalue weighted by Gasteiger charge is -2.37. The Morgan fingerprint density at radius 1 is 1.26 bits per heavy atom. The van der Waals surface area contributed by atoms with Gasteiger partial charge in [0.2, 0.25) is 5.91 Å². The van der Waals surface area contributed by atoms with E-state index < -0.39 is 0 Å². The zero-order valence-electron chi connectivity index (χ0n) is 14.0. The smallest absolute Gasteiger partial charge is 0.331 e. The number of carbonyl (C=O) groups is 2. The third kappa shape index (κ3) is 3.49.